The van der Waals surface area contributed by atoms with E-state index in [9.17, 15) is 15.3 Å². The minimum absolute atomic E-state index is 0.156. The smallest absolute Gasteiger partial charge is 0.296 e. The summed E-state index contributed by atoms with van der Waals surface area (Å²) in [7, 11) is 0. The van der Waals surface area contributed by atoms with Crippen LogP contribution < -0.4 is 9.64 Å². The second-order valence-electron chi connectivity index (χ2n) is 7.87. The Kier molecular flexibility index (Phi) is 5.45. The molecule has 31 heavy (non-hydrogen) atoms. The number of halogens is 1. The van der Waals surface area contributed by atoms with E-state index in [0.29, 0.717) is 28.4 Å². The molecule has 0 bridgehead atoms. The number of rotatable bonds is 5. The van der Waals surface area contributed by atoms with Gasteiger partial charge in [-0.15, -0.1) is 0 Å². The molecule has 2 aromatic heterocycles. The lowest BCUT2D eigenvalue weighted by atomic mass is 10.1. The number of nitrogens with zero attached hydrogens (tertiary/aromatic N) is 3. The van der Waals surface area contributed by atoms with Crippen LogP contribution in [0, 0.1) is 0 Å². The zero-order chi connectivity index (χ0) is 21.5. The molecule has 1 aromatic carbocycles. The number of fused-ring (bicyclic) bond motifs is 1. The van der Waals surface area contributed by atoms with E-state index >= 15 is 0 Å². The normalized spacial score (nSPS) is 26.1. The van der Waals surface area contributed by atoms with Gasteiger partial charge in [-0.1, -0.05) is 23.7 Å². The van der Waals surface area contributed by atoms with Gasteiger partial charge < -0.3 is 34.7 Å². The van der Waals surface area contributed by atoms with E-state index in [-0.39, 0.29) is 25.3 Å². The molecule has 0 spiro atoms. The minimum Gasteiger partial charge on any atom is -0.456 e. The van der Waals surface area contributed by atoms with Crippen molar-refractivity contribution in [3.63, 3.8) is 0 Å². The van der Waals surface area contributed by atoms with Crippen molar-refractivity contribution in [1.82, 2.24) is 15.0 Å². The zero-order valence-corrected chi connectivity index (χ0v) is 17.4. The average molecular weight is 447 g/mol. The highest BCUT2D eigenvalue weighted by molar-refractivity contribution is 6.33. The molecule has 5 rings (SSSR count). The van der Waals surface area contributed by atoms with Gasteiger partial charge in [-0.05, 0) is 24.6 Å². The maximum Gasteiger partial charge on any atom is 0.296 e. The van der Waals surface area contributed by atoms with E-state index in [0.717, 1.165) is 24.2 Å². The summed E-state index contributed by atoms with van der Waals surface area (Å²) in [4.78, 5) is 14.1. The number of β-amino-alcohol motifs (C(OH)–C–C–N with tert-alkyl or cyclic N) is 1. The van der Waals surface area contributed by atoms with Crippen LogP contribution >= 0.6 is 11.6 Å². The first-order valence-corrected chi connectivity index (χ1v) is 10.6. The van der Waals surface area contributed by atoms with Crippen LogP contribution in [-0.4, -0.2) is 81.0 Å². The summed E-state index contributed by atoms with van der Waals surface area (Å²) in [6, 6.07) is 9.82. The van der Waals surface area contributed by atoms with Crippen molar-refractivity contribution >= 4 is 28.5 Å². The van der Waals surface area contributed by atoms with Crippen LogP contribution in [0.4, 0.5) is 5.69 Å². The molecule has 4 heterocycles. The Hall–Kier alpha value is -2.43. The number of aliphatic hydroxyl groups excluding tert-OH is 3. The van der Waals surface area contributed by atoms with E-state index in [1.165, 1.54) is 0 Å². The maximum atomic E-state index is 10.1. The molecule has 4 atom stereocenters. The number of hydrogen-bond acceptors (Lipinski definition) is 8. The molecule has 0 radical (unpaired) electrons. The molecule has 10 heteroatoms. The summed E-state index contributed by atoms with van der Waals surface area (Å²) in [6.07, 6.45) is -1.74. The van der Waals surface area contributed by atoms with Crippen LogP contribution in [0.3, 0.4) is 0 Å². The summed E-state index contributed by atoms with van der Waals surface area (Å²) >= 11 is 6.48. The van der Waals surface area contributed by atoms with Crippen molar-refractivity contribution < 1.29 is 24.8 Å². The summed E-state index contributed by atoms with van der Waals surface area (Å²) in [5.74, 6) is 0. The molecular formula is C21H23ClN4O5. The monoisotopic (exact) mass is 446 g/mol. The number of aliphatic hydroxyl groups is 3. The standard InChI is InChI=1S/C21H23ClN4O5/c22-14-7-15-20(25-21(23-15)31-17-10-30-16(9-27)19(17)29)24-18(14)11-1-3-12(4-2-11)26-6-5-13(28)8-26/h1-4,7,13,16-17,19,27-29H,5-6,8-10H2,(H,23,24,25). The molecule has 4 N–H and O–H groups in total. The average Bonchev–Trinajstić information content (AvgIpc) is 3.46. The fraction of sp³-hybridized carbons (Fsp3) is 0.429. The van der Waals surface area contributed by atoms with Gasteiger partial charge in [-0.2, -0.15) is 4.98 Å². The number of pyridine rings is 1. The maximum absolute atomic E-state index is 10.1. The van der Waals surface area contributed by atoms with E-state index in [1.807, 2.05) is 24.3 Å². The molecule has 3 aromatic rings. The van der Waals surface area contributed by atoms with Crippen LogP contribution in [0.15, 0.2) is 30.3 Å². The molecule has 9 nitrogen and oxygen atoms in total. The van der Waals surface area contributed by atoms with Gasteiger partial charge in [-0.3, -0.25) is 0 Å². The first kappa shape index (κ1) is 20.5. The SMILES string of the molecule is OCC1OCC(Oc2nc3nc(-c4ccc(N5CCC(O)C5)cc4)c(Cl)cc3[nH]2)C1O. The Bertz CT molecular complexity index is 1080. The fourth-order valence-electron chi connectivity index (χ4n) is 4.02. The number of hydrogen-bond donors (Lipinski definition) is 4. The highest BCUT2D eigenvalue weighted by Gasteiger charge is 2.37. The largest absolute Gasteiger partial charge is 0.456 e. The Morgan fingerprint density at radius 1 is 1.23 bits per heavy atom. The first-order chi connectivity index (χ1) is 15.0. The van der Waals surface area contributed by atoms with E-state index in [2.05, 4.69) is 19.9 Å². The number of H-pyrrole nitrogens is 1. The van der Waals surface area contributed by atoms with Crippen molar-refractivity contribution in [2.24, 2.45) is 0 Å². The van der Waals surface area contributed by atoms with Gasteiger partial charge in [0.1, 0.15) is 12.2 Å². The second-order valence-corrected chi connectivity index (χ2v) is 8.28. The second kappa shape index (κ2) is 8.25. The molecule has 4 unspecified atom stereocenters. The number of benzene rings is 1. The van der Waals surface area contributed by atoms with Gasteiger partial charge in [-0.25, -0.2) is 4.98 Å². The van der Waals surface area contributed by atoms with Crippen molar-refractivity contribution in [3.05, 3.63) is 35.4 Å². The van der Waals surface area contributed by atoms with Crippen LogP contribution in [0.2, 0.25) is 5.02 Å². The Balaban J connectivity index is 1.37. The lowest BCUT2D eigenvalue weighted by molar-refractivity contribution is -0.00390. The van der Waals surface area contributed by atoms with Crippen molar-refractivity contribution in [2.75, 3.05) is 31.2 Å². The lowest BCUT2D eigenvalue weighted by Gasteiger charge is -2.18. The molecule has 0 saturated carbocycles. The third-order valence-corrected chi connectivity index (χ3v) is 6.04. The van der Waals surface area contributed by atoms with E-state index < -0.39 is 18.3 Å². The fourth-order valence-corrected chi connectivity index (χ4v) is 4.28. The van der Waals surface area contributed by atoms with Gasteiger partial charge in [0.05, 0.1) is 35.6 Å². The number of ether oxygens (including phenoxy) is 2. The Morgan fingerprint density at radius 2 is 2.03 bits per heavy atom. The Morgan fingerprint density at radius 3 is 2.71 bits per heavy atom. The van der Waals surface area contributed by atoms with Crippen LogP contribution in [-0.2, 0) is 4.74 Å². The molecule has 0 amide bonds. The third-order valence-electron chi connectivity index (χ3n) is 5.75. The number of aromatic nitrogens is 3. The summed E-state index contributed by atoms with van der Waals surface area (Å²) in [5, 5.41) is 29.5. The molecule has 2 aliphatic heterocycles. The molecule has 2 aliphatic rings. The van der Waals surface area contributed by atoms with E-state index in [4.69, 9.17) is 21.1 Å². The predicted molar refractivity (Wildman–Crippen MR) is 114 cm³/mol. The first-order valence-electron chi connectivity index (χ1n) is 10.2. The van der Waals surface area contributed by atoms with Gasteiger partial charge in [0.25, 0.3) is 6.01 Å². The van der Waals surface area contributed by atoms with Gasteiger partial charge >= 0.3 is 0 Å². The lowest BCUT2D eigenvalue weighted by Crippen LogP contribution is -2.36. The number of imidazole rings is 1. The number of nitrogens with one attached hydrogen (secondary N) is 1. The summed E-state index contributed by atoms with van der Waals surface area (Å²) in [5.41, 5.74) is 3.55. The highest BCUT2D eigenvalue weighted by atomic mass is 35.5. The van der Waals surface area contributed by atoms with Crippen LogP contribution in [0.25, 0.3) is 22.4 Å². The van der Waals surface area contributed by atoms with Gasteiger partial charge in [0.2, 0.25) is 0 Å². The molecule has 0 aliphatic carbocycles. The van der Waals surface area contributed by atoms with Crippen LogP contribution in [0.5, 0.6) is 6.01 Å². The Labute approximate surface area is 183 Å². The third kappa shape index (κ3) is 3.95. The minimum atomic E-state index is -0.944. The summed E-state index contributed by atoms with van der Waals surface area (Å²) < 4.78 is 11.0. The van der Waals surface area contributed by atoms with Gasteiger partial charge in [0.15, 0.2) is 11.8 Å². The summed E-state index contributed by atoms with van der Waals surface area (Å²) in [6.45, 7) is 1.35. The topological polar surface area (TPSA) is 124 Å². The van der Waals surface area contributed by atoms with Crippen molar-refractivity contribution in [1.29, 1.82) is 0 Å². The number of aromatic amines is 1. The zero-order valence-electron chi connectivity index (χ0n) is 16.6. The molecule has 2 fully saturated rings. The van der Waals surface area contributed by atoms with Gasteiger partial charge in [0, 0.05) is 24.3 Å². The quantitative estimate of drug-likeness (QED) is 0.463. The molecule has 164 valence electrons. The van der Waals surface area contributed by atoms with E-state index in [1.54, 1.807) is 6.07 Å². The molecule has 2 saturated heterocycles. The predicted octanol–water partition coefficient (Wildman–Crippen LogP) is 1.35. The van der Waals surface area contributed by atoms with Crippen molar-refractivity contribution in [2.45, 2.75) is 30.8 Å². The van der Waals surface area contributed by atoms with Crippen LogP contribution in [0.1, 0.15) is 6.42 Å². The highest BCUT2D eigenvalue weighted by Crippen LogP contribution is 2.32. The molecular weight excluding hydrogens is 424 g/mol. The number of anilines is 1. The van der Waals surface area contributed by atoms with Crippen molar-refractivity contribution in [3.8, 4) is 17.3 Å².